The fraction of sp³-hybridized carbons (Fsp3) is 0. The molecule has 19 N–H and O–H groups in total. The molecule has 64 heavy (non-hydrogen) atoms. The summed E-state index contributed by atoms with van der Waals surface area (Å²) in [5.74, 6) is -8.20. The normalized spacial score (nSPS) is 9.25. The molecule has 0 fully saturated rings. The number of hydrogen-bond acceptors (Lipinski definition) is 22. The summed E-state index contributed by atoms with van der Waals surface area (Å²) in [6.45, 7) is 0. The number of thiocarbonyl (C=S) groups is 5. The van der Waals surface area contributed by atoms with Gasteiger partial charge in [0, 0.05) is 76.9 Å². The van der Waals surface area contributed by atoms with Gasteiger partial charge in [0.1, 0.15) is 0 Å². The summed E-state index contributed by atoms with van der Waals surface area (Å²) in [4.78, 5) is 0. The van der Waals surface area contributed by atoms with Gasteiger partial charge in [-0.05, 0) is 97.4 Å². The van der Waals surface area contributed by atoms with Gasteiger partial charge in [-0.2, -0.15) is 0 Å². The SMILES string of the molecule is OC(=S)c1cc(O)c(O)c(O)c1.OC(=S)c1cc(O)c(O)c(O)c1.OC(=S)c1cc(O)c(O)c(O)c1.OC(=S)c1cc(O)c(O)c(O)c1.Oc1cc(C(=S)[O][Ga]=[S])cc(O)c1O.[Cd].[Cd]. The van der Waals surface area contributed by atoms with Gasteiger partial charge in [0.25, 0.3) is 0 Å². The second-order valence-electron chi connectivity index (χ2n) is 11.0. The predicted molar refractivity (Wildman–Crippen MR) is 241 cm³/mol. The summed E-state index contributed by atoms with van der Waals surface area (Å²) in [5, 5.41) is 168. The van der Waals surface area contributed by atoms with Crippen LogP contribution in [0.15, 0.2) is 60.7 Å². The minimum atomic E-state index is -1.23. The van der Waals surface area contributed by atoms with Crippen molar-refractivity contribution in [2.45, 2.75) is 0 Å². The van der Waals surface area contributed by atoms with Crippen molar-refractivity contribution in [3.63, 3.8) is 0 Å². The molecule has 5 aromatic carbocycles. The van der Waals surface area contributed by atoms with Crippen LogP contribution in [0, 0.1) is 0 Å². The minimum Gasteiger partial charge on any atom is 0 e. The van der Waals surface area contributed by atoms with E-state index in [9.17, 15) is 0 Å². The maximum atomic E-state index is 9.16. The molecule has 5 rings (SSSR count). The van der Waals surface area contributed by atoms with E-state index >= 15 is 0 Å². The van der Waals surface area contributed by atoms with Gasteiger partial charge in [0.2, 0.25) is 0 Å². The van der Waals surface area contributed by atoms with Crippen molar-refractivity contribution in [3.8, 4) is 86.2 Å². The van der Waals surface area contributed by atoms with E-state index in [4.69, 9.17) is 123 Å². The van der Waals surface area contributed by atoms with Crippen molar-refractivity contribution >= 4 is 112 Å². The molecule has 0 aromatic heterocycles. The van der Waals surface area contributed by atoms with E-state index in [1.807, 2.05) is 0 Å². The standard InChI is InChI=1S/5C7H6O4S.2Cd.Ga.S/c5*8-4-1-3(7(11)12)2-5(9)6(4)10;;;;/h5*1-2,8-10H,(H,11,12);;;;/q;;;;;;;+1;/p-1. The first kappa shape index (κ1) is 61.3. The molecule has 5 aromatic rings. The Balaban J connectivity index is 0. The predicted octanol–water partition coefficient (Wildman–Crippen LogP) is 5.37. The van der Waals surface area contributed by atoms with Gasteiger partial charge in [-0.25, -0.2) is 0 Å². The molecule has 0 saturated heterocycles. The Hall–Kier alpha value is -4.75. The van der Waals surface area contributed by atoms with Crippen LogP contribution in [0.5, 0.6) is 86.2 Å². The Bertz CT molecular complexity index is 2160. The molecule has 0 heterocycles. The average Bonchev–Trinajstić information content (AvgIpc) is 3.19. The van der Waals surface area contributed by atoms with Crippen LogP contribution in [-0.4, -0.2) is 138 Å². The second-order valence-corrected chi connectivity index (χ2v) is 14.9. The van der Waals surface area contributed by atoms with Gasteiger partial charge in [-0.3, -0.25) is 0 Å². The summed E-state index contributed by atoms with van der Waals surface area (Å²) < 4.78 is 4.98. The maximum Gasteiger partial charge on any atom is 0 e. The van der Waals surface area contributed by atoms with Gasteiger partial charge in [0.15, 0.2) is 89.2 Å². The summed E-state index contributed by atoms with van der Waals surface area (Å²) in [6.07, 6.45) is 0. The summed E-state index contributed by atoms with van der Waals surface area (Å²) in [7, 11) is 4.69. The minimum absolute atomic E-state index is 0. The van der Waals surface area contributed by atoms with E-state index in [0.717, 1.165) is 48.5 Å². The van der Waals surface area contributed by atoms with Crippen LogP contribution in [0.25, 0.3) is 0 Å². The molecule has 0 spiro atoms. The van der Waals surface area contributed by atoms with Crippen molar-refractivity contribution in [2.75, 3.05) is 0 Å². The molecule has 332 valence electrons. The first-order valence-electron chi connectivity index (χ1n) is 15.5. The summed E-state index contributed by atoms with van der Waals surface area (Å²) >= 11 is 21.1. The van der Waals surface area contributed by atoms with E-state index in [2.05, 4.69) is 48.9 Å². The Morgan fingerprint density at radius 2 is 0.453 bits per heavy atom. The molecule has 29 heteroatoms. The van der Waals surface area contributed by atoms with E-state index in [1.165, 1.54) is 12.1 Å². The van der Waals surface area contributed by atoms with Gasteiger partial charge in [0.05, 0.1) is 0 Å². The fourth-order valence-corrected chi connectivity index (χ4v) is 5.87. The van der Waals surface area contributed by atoms with Crippen LogP contribution in [0.2, 0.25) is 0 Å². The zero-order valence-corrected chi connectivity index (χ0v) is 47.0. The molecule has 20 nitrogen and oxygen atoms in total. The molecule has 0 radical (unpaired) electrons. The Morgan fingerprint density at radius 1 is 0.312 bits per heavy atom. The van der Waals surface area contributed by atoms with Crippen molar-refractivity contribution in [1.82, 2.24) is 0 Å². The Labute approximate surface area is 437 Å². The third kappa shape index (κ3) is 18.8. The molecular weight excluding hydrogens is 1230 g/mol. The van der Waals surface area contributed by atoms with E-state index in [0.29, 0.717) is 5.56 Å². The van der Waals surface area contributed by atoms with Crippen molar-refractivity contribution in [3.05, 3.63) is 88.5 Å². The third-order valence-corrected chi connectivity index (χ3v) is 9.56. The molecular formula is C35H29Cd2GaO20S6. The van der Waals surface area contributed by atoms with Crippen molar-refractivity contribution in [1.29, 1.82) is 0 Å². The molecule has 0 aliphatic rings. The number of rotatable bonds is 6. The zero-order chi connectivity index (χ0) is 47.9. The molecule has 0 aliphatic heterocycles. The second kappa shape index (κ2) is 28.2. The number of hydrogen-bond donors (Lipinski definition) is 19. The first-order valence-corrected chi connectivity index (χ1v) is 21.9. The number of phenolic OH excluding ortho intramolecular Hbond substituents is 15. The topological polar surface area (TPSA) is 394 Å². The number of aliphatic hydroxyl groups excluding tert-OH is 4. The summed E-state index contributed by atoms with van der Waals surface area (Å²) in [6, 6.07) is 10.8. The van der Waals surface area contributed by atoms with Gasteiger partial charge in [-0.15, -0.1) is 0 Å². The van der Waals surface area contributed by atoms with Crippen molar-refractivity contribution in [2.24, 2.45) is 0 Å². The molecule has 0 amide bonds. The van der Waals surface area contributed by atoms with Crippen LogP contribution < -0.4 is 0 Å². The van der Waals surface area contributed by atoms with E-state index < -0.39 is 122 Å². The first-order chi connectivity index (χ1) is 28.6. The van der Waals surface area contributed by atoms with Crippen LogP contribution in [0.1, 0.15) is 27.8 Å². The largest absolute Gasteiger partial charge is 0 e. The molecule has 0 saturated carbocycles. The van der Waals surface area contributed by atoms with Gasteiger partial charge < -0.3 is 81.7 Å². The fourth-order valence-electron chi connectivity index (χ4n) is 3.74. The Morgan fingerprint density at radius 3 is 0.578 bits per heavy atom. The molecule has 0 unspecified atom stereocenters. The van der Waals surface area contributed by atoms with Crippen LogP contribution >= 0.6 is 71.1 Å². The van der Waals surface area contributed by atoms with Crippen LogP contribution in [-0.2, 0) is 58.1 Å². The smallest absolute Gasteiger partial charge is 0 e. The monoisotopic (exact) mass is 1260 g/mol. The number of aromatic hydroxyl groups is 15. The zero-order valence-electron chi connectivity index (χ0n) is 31.6. The molecule has 0 bridgehead atoms. The van der Waals surface area contributed by atoms with E-state index in [1.54, 1.807) is 0 Å². The summed E-state index contributed by atoms with van der Waals surface area (Å²) in [5.41, 5.74) is 0.654. The van der Waals surface area contributed by atoms with Crippen LogP contribution in [0.3, 0.4) is 0 Å². The number of aliphatic hydroxyl groups is 4. The van der Waals surface area contributed by atoms with Crippen LogP contribution in [0.4, 0.5) is 0 Å². The average molecular weight is 1260 g/mol. The maximum absolute atomic E-state index is 9.16. The third-order valence-electron chi connectivity index (χ3n) is 6.73. The number of benzene rings is 5. The molecule has 0 atom stereocenters. The molecule has 0 aliphatic carbocycles. The van der Waals surface area contributed by atoms with Crippen molar-refractivity contribution < 1.29 is 155 Å². The number of phenols is 15. The van der Waals surface area contributed by atoms with E-state index in [-0.39, 0.29) is 81.9 Å². The Kier molecular flexibility index (Phi) is 27.0. The van der Waals surface area contributed by atoms with Gasteiger partial charge in [-0.1, -0.05) is 0 Å². The quantitative estimate of drug-likeness (QED) is 0.0577. The van der Waals surface area contributed by atoms with Gasteiger partial charge >= 0.3 is 97.1 Å².